The Labute approximate surface area is 91.1 Å². The Bertz CT molecular complexity index is 379. The summed E-state index contributed by atoms with van der Waals surface area (Å²) < 4.78 is 9.31. The average molecular weight is 328 g/mol. The quantitative estimate of drug-likeness (QED) is 0.500. The third-order valence-electron chi connectivity index (χ3n) is 1.32. The summed E-state index contributed by atoms with van der Waals surface area (Å²) in [5.41, 5.74) is 0. The van der Waals surface area contributed by atoms with E-state index in [1.165, 1.54) is 14.2 Å². The van der Waals surface area contributed by atoms with Gasteiger partial charge in [0.25, 0.3) is 0 Å². The Morgan fingerprint density at radius 2 is 1.36 bits per heavy atom. The van der Waals surface area contributed by atoms with Gasteiger partial charge in [0.15, 0.2) is 0 Å². The van der Waals surface area contributed by atoms with Gasteiger partial charge in [0.1, 0.15) is 0 Å². The fourth-order valence-electron chi connectivity index (χ4n) is 0.734. The zero-order valence-electron chi connectivity index (χ0n) is 7.36. The Morgan fingerprint density at radius 3 is 1.64 bits per heavy atom. The molecule has 0 aliphatic heterocycles. The van der Waals surface area contributed by atoms with E-state index < -0.39 is 40.9 Å². The normalized spacial score (nSPS) is 9.57. The van der Waals surface area contributed by atoms with Crippen LogP contribution in [0, 0.1) is 0 Å². The molecule has 0 bridgehead atoms. The predicted molar refractivity (Wildman–Crippen MR) is 49.3 cm³/mol. The summed E-state index contributed by atoms with van der Waals surface area (Å²) in [6.07, 6.45) is 0. The zero-order valence-corrected chi connectivity index (χ0v) is 10.8. The monoisotopic (exact) mass is 330 g/mol. The molecule has 0 aliphatic rings. The molecule has 0 atom stereocenters. The first-order valence-corrected chi connectivity index (χ1v) is 6.83. The second-order valence-electron chi connectivity index (χ2n) is 2.10. The van der Waals surface area contributed by atoms with Gasteiger partial charge in [-0.25, -0.2) is 0 Å². The SMILES string of the molecule is COC(=O)c1[se]c(=O)[se]c1C(=O)OC. The van der Waals surface area contributed by atoms with E-state index in [1.807, 2.05) is 0 Å². The minimum absolute atomic E-state index is 0.0502. The number of carbonyl (C=O) groups excluding carboxylic acids is 2. The molecule has 1 aromatic rings. The Balaban J connectivity index is 3.22. The molecule has 76 valence electrons. The van der Waals surface area contributed by atoms with Crippen LogP contribution in [0.4, 0.5) is 0 Å². The van der Waals surface area contributed by atoms with Gasteiger partial charge in [0, 0.05) is 0 Å². The van der Waals surface area contributed by atoms with E-state index in [2.05, 4.69) is 9.47 Å². The fourth-order valence-corrected chi connectivity index (χ4v) is 6.14. The van der Waals surface area contributed by atoms with Crippen LogP contribution in [-0.4, -0.2) is 55.2 Å². The van der Waals surface area contributed by atoms with Gasteiger partial charge < -0.3 is 0 Å². The molecule has 0 amide bonds. The molecule has 0 unspecified atom stereocenters. The van der Waals surface area contributed by atoms with Crippen molar-refractivity contribution in [3.8, 4) is 0 Å². The first kappa shape index (κ1) is 11.5. The topological polar surface area (TPSA) is 69.7 Å². The molecule has 14 heavy (non-hydrogen) atoms. The Morgan fingerprint density at radius 1 is 1.00 bits per heavy atom. The van der Waals surface area contributed by atoms with E-state index in [1.54, 1.807) is 0 Å². The molecular formula is C7H6O5Se2. The van der Waals surface area contributed by atoms with Crippen molar-refractivity contribution in [1.29, 1.82) is 0 Å². The van der Waals surface area contributed by atoms with Crippen molar-refractivity contribution in [3.63, 3.8) is 0 Å². The number of carbonyl (C=O) groups is 2. The fraction of sp³-hybridized carbons (Fsp3) is 0.286. The molecule has 0 radical (unpaired) electrons. The van der Waals surface area contributed by atoms with Crippen LogP contribution in [0.15, 0.2) is 4.79 Å². The molecular weight excluding hydrogens is 322 g/mol. The molecule has 0 N–H and O–H groups in total. The average Bonchev–Trinajstić information content (AvgIpc) is 2.58. The van der Waals surface area contributed by atoms with E-state index in [-0.39, 0.29) is 12.1 Å². The van der Waals surface area contributed by atoms with Gasteiger partial charge >= 0.3 is 91.1 Å². The molecule has 0 saturated heterocycles. The van der Waals surface area contributed by atoms with Gasteiger partial charge in [0.05, 0.1) is 0 Å². The third-order valence-corrected chi connectivity index (χ3v) is 6.90. The van der Waals surface area contributed by atoms with Crippen LogP contribution in [-0.2, 0) is 9.47 Å². The second-order valence-corrected chi connectivity index (χ2v) is 7.53. The van der Waals surface area contributed by atoms with Gasteiger partial charge in [-0.05, 0) is 0 Å². The molecule has 0 saturated carbocycles. The van der Waals surface area contributed by atoms with Crippen molar-refractivity contribution in [2.24, 2.45) is 0 Å². The third kappa shape index (κ3) is 2.25. The van der Waals surface area contributed by atoms with Crippen LogP contribution in [0.1, 0.15) is 18.5 Å². The summed E-state index contributed by atoms with van der Waals surface area (Å²) in [4.78, 5) is 33.5. The number of methoxy groups -OCH3 is 2. The molecule has 0 spiro atoms. The van der Waals surface area contributed by atoms with Crippen molar-refractivity contribution in [3.05, 3.63) is 16.8 Å². The number of hydrogen-bond acceptors (Lipinski definition) is 5. The zero-order chi connectivity index (χ0) is 10.7. The number of hydrogen-bond donors (Lipinski definition) is 0. The van der Waals surface area contributed by atoms with Gasteiger partial charge in [-0.3, -0.25) is 0 Å². The van der Waals surface area contributed by atoms with Crippen molar-refractivity contribution in [2.45, 2.75) is 0 Å². The van der Waals surface area contributed by atoms with E-state index in [4.69, 9.17) is 0 Å². The summed E-state index contributed by atoms with van der Waals surface area (Å²) in [6.45, 7) is 0. The van der Waals surface area contributed by atoms with Crippen LogP contribution >= 0.6 is 0 Å². The molecule has 0 fully saturated rings. The van der Waals surface area contributed by atoms with Crippen LogP contribution in [0.25, 0.3) is 0 Å². The summed E-state index contributed by atoms with van der Waals surface area (Å²) in [5.74, 6) is -1.20. The Kier molecular flexibility index (Phi) is 3.89. The molecule has 1 heterocycles. The molecule has 7 heteroatoms. The van der Waals surface area contributed by atoms with Gasteiger partial charge in [-0.15, -0.1) is 0 Å². The first-order valence-electron chi connectivity index (χ1n) is 3.40. The molecule has 1 rings (SSSR count). The van der Waals surface area contributed by atoms with Crippen molar-refractivity contribution < 1.29 is 19.1 Å². The number of rotatable bonds is 2. The van der Waals surface area contributed by atoms with Gasteiger partial charge in [0.2, 0.25) is 0 Å². The Hall–Kier alpha value is -0.611. The minimum atomic E-state index is -0.599. The van der Waals surface area contributed by atoms with E-state index in [0.717, 1.165) is 0 Å². The summed E-state index contributed by atoms with van der Waals surface area (Å²) in [5, 5.41) is 0. The molecule has 1 aromatic heterocycles. The van der Waals surface area contributed by atoms with Crippen LogP contribution < -0.4 is 3.18 Å². The standard InChI is InChI=1S/C7H6O5Se2/c1-11-5(8)3-4(6(9)12-2)14-7(10)13-3/h1-2H3. The predicted octanol–water partition coefficient (Wildman–Crippen LogP) is -1.27. The van der Waals surface area contributed by atoms with Gasteiger partial charge in [-0.2, -0.15) is 0 Å². The summed E-state index contributed by atoms with van der Waals surface area (Å²) >= 11 is -1.17. The summed E-state index contributed by atoms with van der Waals surface area (Å²) in [6, 6.07) is 0. The maximum atomic E-state index is 11.2. The molecule has 5 nitrogen and oxygen atoms in total. The van der Waals surface area contributed by atoms with E-state index in [9.17, 15) is 14.4 Å². The van der Waals surface area contributed by atoms with Crippen LogP contribution in [0.3, 0.4) is 0 Å². The number of esters is 2. The van der Waals surface area contributed by atoms with E-state index >= 15 is 0 Å². The summed E-state index contributed by atoms with van der Waals surface area (Å²) in [7, 11) is 2.44. The van der Waals surface area contributed by atoms with Crippen molar-refractivity contribution >= 4 is 40.9 Å². The van der Waals surface area contributed by atoms with Crippen LogP contribution in [0.2, 0.25) is 0 Å². The van der Waals surface area contributed by atoms with Crippen LogP contribution in [0.5, 0.6) is 0 Å². The molecule has 0 aliphatic carbocycles. The van der Waals surface area contributed by atoms with E-state index in [0.29, 0.717) is 0 Å². The van der Waals surface area contributed by atoms with Crippen molar-refractivity contribution in [1.82, 2.24) is 0 Å². The maximum absolute atomic E-state index is 11.2. The van der Waals surface area contributed by atoms with Gasteiger partial charge in [-0.1, -0.05) is 0 Å². The first-order chi connectivity index (χ1) is 6.60. The number of ether oxygens (including phenoxy) is 2. The second kappa shape index (κ2) is 4.75. The molecule has 0 aromatic carbocycles. The van der Waals surface area contributed by atoms with Crippen molar-refractivity contribution in [2.75, 3.05) is 14.2 Å².